The highest BCUT2D eigenvalue weighted by molar-refractivity contribution is 5.99. The summed E-state index contributed by atoms with van der Waals surface area (Å²) in [5.74, 6) is 0.539. The van der Waals surface area contributed by atoms with Crippen molar-refractivity contribution >= 4 is 29.1 Å². The Balaban J connectivity index is 1.42. The third kappa shape index (κ3) is 5.31. The van der Waals surface area contributed by atoms with Crippen molar-refractivity contribution in [3.8, 4) is 11.5 Å². The largest absolute Gasteiger partial charge is 0.497 e. The van der Waals surface area contributed by atoms with Crippen molar-refractivity contribution in [1.29, 1.82) is 0 Å². The number of anilines is 2. The van der Waals surface area contributed by atoms with Gasteiger partial charge in [-0.05, 0) is 43.2 Å². The quantitative estimate of drug-likeness (QED) is 0.700. The van der Waals surface area contributed by atoms with Gasteiger partial charge in [0.25, 0.3) is 5.91 Å². The number of ether oxygens (including phenoxy) is 3. The van der Waals surface area contributed by atoms with Crippen LogP contribution in [-0.4, -0.2) is 61.6 Å². The van der Waals surface area contributed by atoms with E-state index >= 15 is 0 Å². The molecule has 0 radical (unpaired) electrons. The minimum atomic E-state index is -0.361. The summed E-state index contributed by atoms with van der Waals surface area (Å²) >= 11 is 0. The van der Waals surface area contributed by atoms with Crippen molar-refractivity contribution in [2.45, 2.75) is 44.4 Å². The van der Waals surface area contributed by atoms with Gasteiger partial charge in [-0.15, -0.1) is 0 Å². The number of benzene rings is 2. The van der Waals surface area contributed by atoms with E-state index in [0.717, 1.165) is 0 Å². The molecule has 3 atom stereocenters. The number of hydrogen-bond donors (Lipinski definition) is 2. The van der Waals surface area contributed by atoms with E-state index in [1.165, 1.54) is 6.92 Å². The molecule has 2 aromatic carbocycles. The van der Waals surface area contributed by atoms with Crippen LogP contribution in [-0.2, 0) is 14.3 Å². The molecule has 2 aliphatic heterocycles. The lowest BCUT2D eigenvalue weighted by molar-refractivity contribution is -0.130. The summed E-state index contributed by atoms with van der Waals surface area (Å²) in [6, 6.07) is 12.0. The van der Waals surface area contributed by atoms with Gasteiger partial charge in [0.15, 0.2) is 0 Å². The molecule has 4 rings (SSSR count). The zero-order valence-corrected chi connectivity index (χ0v) is 19.5. The smallest absolute Gasteiger partial charge is 0.257 e. The van der Waals surface area contributed by atoms with E-state index in [-0.39, 0.29) is 49.0 Å². The number of fused-ring (bicyclic) bond motifs is 2. The molecule has 34 heavy (non-hydrogen) atoms. The van der Waals surface area contributed by atoms with Gasteiger partial charge < -0.3 is 29.7 Å². The Bertz CT molecular complexity index is 1090. The molecule has 0 aliphatic carbocycles. The van der Waals surface area contributed by atoms with Gasteiger partial charge in [0.2, 0.25) is 11.8 Å². The summed E-state index contributed by atoms with van der Waals surface area (Å²) in [6.45, 7) is 1.67. The molecule has 0 spiro atoms. The monoisotopic (exact) mass is 467 g/mol. The Morgan fingerprint density at radius 1 is 1.12 bits per heavy atom. The maximum Gasteiger partial charge on any atom is 0.257 e. The van der Waals surface area contributed by atoms with Crippen LogP contribution in [0.5, 0.6) is 11.5 Å². The van der Waals surface area contributed by atoms with Gasteiger partial charge in [0, 0.05) is 31.4 Å². The van der Waals surface area contributed by atoms with Gasteiger partial charge in [-0.3, -0.25) is 14.4 Å². The van der Waals surface area contributed by atoms with Crippen LogP contribution in [0.4, 0.5) is 11.4 Å². The number of hydrogen-bond acceptors (Lipinski definition) is 6. The van der Waals surface area contributed by atoms with E-state index < -0.39 is 0 Å². The Hall–Kier alpha value is -3.59. The lowest BCUT2D eigenvalue weighted by atomic mass is 9.94. The SMILES string of the molecule is COc1cccc(NC(=O)C[C@@H]2CC[C@@H]3[C@H](COc4ccc(NC(C)=O)cc4C(=O)N3C)O2)c1. The molecule has 9 heteroatoms. The fourth-order valence-corrected chi connectivity index (χ4v) is 4.43. The first-order chi connectivity index (χ1) is 16.3. The van der Waals surface area contributed by atoms with Crippen LogP contribution in [0.25, 0.3) is 0 Å². The third-order valence-corrected chi connectivity index (χ3v) is 6.10. The van der Waals surface area contributed by atoms with Gasteiger partial charge in [0.1, 0.15) is 24.2 Å². The van der Waals surface area contributed by atoms with Crippen LogP contribution in [0.3, 0.4) is 0 Å². The normalized spacial score (nSPS) is 21.8. The zero-order chi connectivity index (χ0) is 24.2. The fourth-order valence-electron chi connectivity index (χ4n) is 4.43. The highest BCUT2D eigenvalue weighted by atomic mass is 16.5. The van der Waals surface area contributed by atoms with Crippen LogP contribution in [0, 0.1) is 0 Å². The van der Waals surface area contributed by atoms with Gasteiger partial charge in [-0.2, -0.15) is 0 Å². The highest BCUT2D eigenvalue weighted by Gasteiger charge is 2.39. The molecular weight excluding hydrogens is 438 g/mol. The van der Waals surface area contributed by atoms with Crippen LogP contribution in [0.1, 0.15) is 36.5 Å². The summed E-state index contributed by atoms with van der Waals surface area (Å²) in [5.41, 5.74) is 1.59. The summed E-state index contributed by atoms with van der Waals surface area (Å²) in [5, 5.41) is 5.58. The molecule has 2 heterocycles. The molecule has 3 amide bonds. The minimum absolute atomic E-state index is 0.149. The van der Waals surface area contributed by atoms with Gasteiger partial charge in [0.05, 0.1) is 31.2 Å². The van der Waals surface area contributed by atoms with Crippen LogP contribution >= 0.6 is 0 Å². The predicted octanol–water partition coefficient (Wildman–Crippen LogP) is 3.06. The summed E-state index contributed by atoms with van der Waals surface area (Å²) < 4.78 is 17.4. The molecule has 9 nitrogen and oxygen atoms in total. The zero-order valence-electron chi connectivity index (χ0n) is 19.5. The first-order valence-corrected chi connectivity index (χ1v) is 11.2. The number of amides is 3. The Morgan fingerprint density at radius 2 is 1.91 bits per heavy atom. The molecule has 0 bridgehead atoms. The molecule has 2 N–H and O–H groups in total. The van der Waals surface area contributed by atoms with Crippen molar-refractivity contribution in [2.75, 3.05) is 31.4 Å². The Labute approximate surface area is 198 Å². The molecular formula is C25H29N3O6. The first kappa shape index (κ1) is 23.6. The number of likely N-dealkylation sites (N-methyl/N-ethyl adjacent to an activating group) is 1. The number of nitrogens with one attached hydrogen (secondary N) is 2. The molecule has 0 saturated carbocycles. The summed E-state index contributed by atoms with van der Waals surface area (Å²) in [4.78, 5) is 38.9. The van der Waals surface area contributed by atoms with E-state index in [0.29, 0.717) is 41.3 Å². The number of carbonyl (C=O) groups is 3. The Morgan fingerprint density at radius 3 is 2.68 bits per heavy atom. The van der Waals surface area contributed by atoms with Crippen LogP contribution in [0.2, 0.25) is 0 Å². The molecule has 0 unspecified atom stereocenters. The molecule has 2 aliphatic rings. The molecule has 2 aromatic rings. The molecule has 1 saturated heterocycles. The van der Waals surface area contributed by atoms with Gasteiger partial charge in [-0.25, -0.2) is 0 Å². The second kappa shape index (κ2) is 10.1. The Kier molecular flexibility index (Phi) is 7.02. The average molecular weight is 468 g/mol. The predicted molar refractivity (Wildman–Crippen MR) is 126 cm³/mol. The molecule has 1 fully saturated rings. The first-order valence-electron chi connectivity index (χ1n) is 11.2. The minimum Gasteiger partial charge on any atom is -0.497 e. The maximum absolute atomic E-state index is 13.2. The van der Waals surface area contributed by atoms with E-state index in [1.54, 1.807) is 49.4 Å². The number of rotatable bonds is 5. The van der Waals surface area contributed by atoms with Crippen molar-refractivity contribution in [3.63, 3.8) is 0 Å². The third-order valence-electron chi connectivity index (χ3n) is 6.10. The van der Waals surface area contributed by atoms with E-state index in [9.17, 15) is 14.4 Å². The van der Waals surface area contributed by atoms with E-state index in [4.69, 9.17) is 14.2 Å². The number of carbonyl (C=O) groups excluding carboxylic acids is 3. The second-order valence-corrected chi connectivity index (χ2v) is 8.54. The van der Waals surface area contributed by atoms with Crippen LogP contribution < -0.4 is 20.1 Å². The number of nitrogens with zero attached hydrogens (tertiary/aromatic N) is 1. The standard InChI is InChI=1S/C25H29N3O6/c1-15(29)26-17-7-10-22-20(12-17)25(31)28(2)21-9-8-19(34-23(21)14-33-22)13-24(30)27-16-5-4-6-18(11-16)32-3/h4-7,10-12,19,21,23H,8-9,13-14H2,1-3H3,(H,26,29)(H,27,30)/t19-,21+,23-/m0/s1. The number of methoxy groups -OCH3 is 1. The lowest BCUT2D eigenvalue weighted by Crippen LogP contribution is -2.53. The van der Waals surface area contributed by atoms with Crippen molar-refractivity contribution < 1.29 is 28.6 Å². The highest BCUT2D eigenvalue weighted by Crippen LogP contribution is 2.32. The summed E-state index contributed by atoms with van der Waals surface area (Å²) in [7, 11) is 3.33. The van der Waals surface area contributed by atoms with Crippen molar-refractivity contribution in [3.05, 3.63) is 48.0 Å². The van der Waals surface area contributed by atoms with E-state index in [1.807, 2.05) is 12.1 Å². The van der Waals surface area contributed by atoms with Crippen molar-refractivity contribution in [1.82, 2.24) is 4.90 Å². The summed E-state index contributed by atoms with van der Waals surface area (Å²) in [6.07, 6.45) is 0.895. The van der Waals surface area contributed by atoms with Crippen molar-refractivity contribution in [2.24, 2.45) is 0 Å². The van der Waals surface area contributed by atoms with Gasteiger partial charge >= 0.3 is 0 Å². The lowest BCUT2D eigenvalue weighted by Gasteiger charge is -2.42. The maximum atomic E-state index is 13.2. The average Bonchev–Trinajstić information content (AvgIpc) is 2.81. The van der Waals surface area contributed by atoms with Gasteiger partial charge in [-0.1, -0.05) is 6.07 Å². The molecule has 0 aromatic heterocycles. The molecule has 180 valence electrons. The topological polar surface area (TPSA) is 106 Å². The fraction of sp³-hybridized carbons (Fsp3) is 0.400. The van der Waals surface area contributed by atoms with E-state index in [2.05, 4.69) is 10.6 Å². The second-order valence-electron chi connectivity index (χ2n) is 8.54. The van der Waals surface area contributed by atoms with Crippen LogP contribution in [0.15, 0.2) is 42.5 Å².